The van der Waals surface area contributed by atoms with E-state index in [4.69, 9.17) is 32.7 Å². The van der Waals surface area contributed by atoms with Gasteiger partial charge in [0.2, 0.25) is 0 Å². The highest BCUT2D eigenvalue weighted by atomic mass is 35.5. The van der Waals surface area contributed by atoms with Crippen molar-refractivity contribution >= 4 is 40.9 Å². The number of halogens is 2. The highest BCUT2D eigenvalue weighted by Crippen LogP contribution is 2.28. The molecule has 2 amide bonds. The lowest BCUT2D eigenvalue weighted by Crippen LogP contribution is -2.38. The van der Waals surface area contributed by atoms with Crippen molar-refractivity contribution in [1.82, 2.24) is 5.32 Å². The zero-order chi connectivity index (χ0) is 18.9. The molecule has 0 aliphatic heterocycles. The Morgan fingerprint density at radius 1 is 1.12 bits per heavy atom. The van der Waals surface area contributed by atoms with Gasteiger partial charge in [0.15, 0.2) is 6.10 Å². The van der Waals surface area contributed by atoms with Crippen molar-refractivity contribution in [3.8, 4) is 5.75 Å². The zero-order valence-corrected chi connectivity index (χ0v) is 15.5. The molecule has 0 aliphatic carbocycles. The number of carbonyl (C=O) groups is 2. The molecule has 2 aromatic rings. The van der Waals surface area contributed by atoms with Gasteiger partial charge in [-0.05, 0) is 37.3 Å². The van der Waals surface area contributed by atoms with Crippen LogP contribution in [0.3, 0.4) is 0 Å². The molecule has 0 saturated carbocycles. The number of carbonyl (C=O) groups excluding carboxylic acids is 2. The van der Waals surface area contributed by atoms with Crippen LogP contribution in [0, 0.1) is 0 Å². The Labute approximate surface area is 161 Å². The minimum atomic E-state index is -0.771. The highest BCUT2D eigenvalue weighted by molar-refractivity contribution is 6.35. The first-order chi connectivity index (χ1) is 12.5. The van der Waals surface area contributed by atoms with Gasteiger partial charge >= 0.3 is 6.09 Å². The van der Waals surface area contributed by atoms with E-state index in [1.807, 2.05) is 6.07 Å². The first-order valence-corrected chi connectivity index (χ1v) is 8.59. The van der Waals surface area contributed by atoms with E-state index in [2.05, 4.69) is 10.6 Å². The fraction of sp³-hybridized carbons (Fsp3) is 0.222. The van der Waals surface area contributed by atoms with Crippen LogP contribution in [0.25, 0.3) is 0 Å². The number of anilines is 1. The summed E-state index contributed by atoms with van der Waals surface area (Å²) in [6.45, 7) is 1.77. The summed E-state index contributed by atoms with van der Waals surface area (Å²) in [5.74, 6) is 0.000268. The second kappa shape index (κ2) is 9.89. The van der Waals surface area contributed by atoms with Crippen molar-refractivity contribution in [2.45, 2.75) is 13.0 Å². The summed E-state index contributed by atoms with van der Waals surface area (Å²) in [6.07, 6.45) is -1.37. The SMILES string of the molecule is C[C@H](Oc1ccc(Cl)cc1Cl)C(=O)NCCOC(=O)Nc1ccccc1. The largest absolute Gasteiger partial charge is 0.479 e. The van der Waals surface area contributed by atoms with Gasteiger partial charge in [-0.15, -0.1) is 0 Å². The van der Waals surface area contributed by atoms with Crippen molar-refractivity contribution in [2.24, 2.45) is 0 Å². The van der Waals surface area contributed by atoms with Crippen LogP contribution in [0.1, 0.15) is 6.92 Å². The van der Waals surface area contributed by atoms with Crippen molar-refractivity contribution in [3.05, 3.63) is 58.6 Å². The van der Waals surface area contributed by atoms with Crippen molar-refractivity contribution in [1.29, 1.82) is 0 Å². The van der Waals surface area contributed by atoms with Gasteiger partial charge in [0, 0.05) is 10.7 Å². The molecule has 0 heterocycles. The van der Waals surface area contributed by atoms with E-state index in [0.29, 0.717) is 21.5 Å². The molecule has 8 heteroatoms. The molecule has 2 aromatic carbocycles. The van der Waals surface area contributed by atoms with Gasteiger partial charge in [-0.25, -0.2) is 4.79 Å². The van der Waals surface area contributed by atoms with Gasteiger partial charge < -0.3 is 14.8 Å². The quantitative estimate of drug-likeness (QED) is 0.689. The lowest BCUT2D eigenvalue weighted by atomic mass is 10.3. The van der Waals surface area contributed by atoms with E-state index in [9.17, 15) is 9.59 Å². The van der Waals surface area contributed by atoms with Gasteiger partial charge in [0.25, 0.3) is 5.91 Å². The molecule has 2 rings (SSSR count). The molecule has 6 nitrogen and oxygen atoms in total. The summed E-state index contributed by atoms with van der Waals surface area (Å²) in [6, 6.07) is 13.6. The fourth-order valence-electron chi connectivity index (χ4n) is 1.95. The number of rotatable bonds is 7. The summed E-state index contributed by atoms with van der Waals surface area (Å²) in [7, 11) is 0. The van der Waals surface area contributed by atoms with Crippen molar-refractivity contribution in [3.63, 3.8) is 0 Å². The minimum absolute atomic E-state index is 0.0266. The predicted octanol–water partition coefficient (Wildman–Crippen LogP) is 4.13. The Balaban J connectivity index is 1.68. The molecule has 0 radical (unpaired) electrons. The summed E-state index contributed by atoms with van der Waals surface area (Å²) < 4.78 is 10.5. The molecule has 0 bridgehead atoms. The minimum Gasteiger partial charge on any atom is -0.479 e. The van der Waals surface area contributed by atoms with Crippen LogP contribution in [0.2, 0.25) is 10.0 Å². The maximum atomic E-state index is 12.0. The molecule has 0 aromatic heterocycles. The second-order valence-electron chi connectivity index (χ2n) is 5.25. The van der Waals surface area contributed by atoms with Crippen molar-refractivity contribution < 1.29 is 19.1 Å². The molecule has 0 spiro atoms. The molecule has 1 atom stereocenters. The topological polar surface area (TPSA) is 76.7 Å². The molecule has 0 aliphatic rings. The van der Waals surface area contributed by atoms with Gasteiger partial charge in [0.1, 0.15) is 12.4 Å². The number of nitrogens with one attached hydrogen (secondary N) is 2. The summed E-state index contributed by atoms with van der Waals surface area (Å²) >= 11 is 11.8. The van der Waals surface area contributed by atoms with E-state index in [1.54, 1.807) is 43.3 Å². The number of hydrogen-bond donors (Lipinski definition) is 2. The Morgan fingerprint density at radius 3 is 2.54 bits per heavy atom. The van der Waals surface area contributed by atoms with Gasteiger partial charge in [-0.1, -0.05) is 41.4 Å². The first-order valence-electron chi connectivity index (χ1n) is 7.84. The summed E-state index contributed by atoms with van der Waals surface area (Å²) in [5, 5.41) is 5.98. The highest BCUT2D eigenvalue weighted by Gasteiger charge is 2.16. The van der Waals surface area contributed by atoms with Crippen LogP contribution in [0.15, 0.2) is 48.5 Å². The molecule has 0 unspecified atom stereocenters. The second-order valence-corrected chi connectivity index (χ2v) is 6.10. The number of para-hydroxylation sites is 1. The van der Waals surface area contributed by atoms with E-state index < -0.39 is 12.2 Å². The molecular weight excluding hydrogens is 379 g/mol. The Bertz CT molecular complexity index is 756. The normalized spacial score (nSPS) is 11.3. The van der Waals surface area contributed by atoms with Crippen LogP contribution in [-0.2, 0) is 9.53 Å². The molecule has 0 saturated heterocycles. The maximum absolute atomic E-state index is 12.0. The zero-order valence-electron chi connectivity index (χ0n) is 14.0. The molecule has 26 heavy (non-hydrogen) atoms. The summed E-state index contributed by atoms with van der Waals surface area (Å²) in [5.41, 5.74) is 0.628. The fourth-order valence-corrected chi connectivity index (χ4v) is 2.40. The van der Waals surface area contributed by atoms with E-state index in [-0.39, 0.29) is 19.1 Å². The third-order valence-corrected chi connectivity index (χ3v) is 3.75. The molecular formula is C18H18Cl2N2O4. The van der Waals surface area contributed by atoms with Crippen LogP contribution in [-0.4, -0.2) is 31.3 Å². The molecule has 0 fully saturated rings. The summed E-state index contributed by atoms with van der Waals surface area (Å²) in [4.78, 5) is 23.6. The molecule has 138 valence electrons. The maximum Gasteiger partial charge on any atom is 0.411 e. The lowest BCUT2D eigenvalue weighted by Gasteiger charge is -2.15. The van der Waals surface area contributed by atoms with Crippen LogP contribution in [0.4, 0.5) is 10.5 Å². The van der Waals surface area contributed by atoms with E-state index in [1.165, 1.54) is 6.07 Å². The number of ether oxygens (including phenoxy) is 2. The number of amides is 2. The third kappa shape index (κ3) is 6.46. The number of hydrogen-bond acceptors (Lipinski definition) is 4. The van der Waals surface area contributed by atoms with Crippen LogP contribution in [0.5, 0.6) is 5.75 Å². The Kier molecular flexibility index (Phi) is 7.56. The van der Waals surface area contributed by atoms with Gasteiger partial charge in [0.05, 0.1) is 11.6 Å². The van der Waals surface area contributed by atoms with Crippen molar-refractivity contribution in [2.75, 3.05) is 18.5 Å². The monoisotopic (exact) mass is 396 g/mol. The number of benzene rings is 2. The standard InChI is InChI=1S/C18H18Cl2N2O4/c1-12(26-16-8-7-13(19)11-15(16)20)17(23)21-9-10-25-18(24)22-14-5-3-2-4-6-14/h2-8,11-12H,9-10H2,1H3,(H,21,23)(H,22,24)/t12-/m0/s1. The molecule has 2 N–H and O–H groups in total. The van der Waals surface area contributed by atoms with Crippen LogP contribution >= 0.6 is 23.2 Å². The average molecular weight is 397 g/mol. The van der Waals surface area contributed by atoms with E-state index >= 15 is 0 Å². The Morgan fingerprint density at radius 2 is 1.85 bits per heavy atom. The van der Waals surface area contributed by atoms with Gasteiger partial charge in [-0.2, -0.15) is 0 Å². The smallest absolute Gasteiger partial charge is 0.411 e. The third-order valence-electron chi connectivity index (χ3n) is 3.22. The lowest BCUT2D eigenvalue weighted by molar-refractivity contribution is -0.127. The first kappa shape index (κ1) is 19.9. The van der Waals surface area contributed by atoms with E-state index in [0.717, 1.165) is 0 Å². The predicted molar refractivity (Wildman–Crippen MR) is 101 cm³/mol. The average Bonchev–Trinajstić information content (AvgIpc) is 2.61. The van der Waals surface area contributed by atoms with Gasteiger partial charge in [-0.3, -0.25) is 10.1 Å². The Hall–Kier alpha value is -2.44. The van der Waals surface area contributed by atoms with Crippen LogP contribution < -0.4 is 15.4 Å².